The van der Waals surface area contributed by atoms with E-state index in [1.807, 2.05) is 33.1 Å². The molecule has 1 aliphatic heterocycles. The molecular formula is C15H23N3O2S. The van der Waals surface area contributed by atoms with E-state index in [4.69, 9.17) is 0 Å². The first-order chi connectivity index (χ1) is 9.95. The van der Waals surface area contributed by atoms with Crippen molar-refractivity contribution >= 4 is 23.2 Å². The van der Waals surface area contributed by atoms with E-state index in [-0.39, 0.29) is 17.7 Å². The lowest BCUT2D eigenvalue weighted by Crippen LogP contribution is -2.70. The molecule has 1 unspecified atom stereocenters. The van der Waals surface area contributed by atoms with Crippen LogP contribution in [0.1, 0.15) is 46.2 Å². The largest absolute Gasteiger partial charge is 0.340 e. The summed E-state index contributed by atoms with van der Waals surface area (Å²) in [6, 6.07) is -0.426. The maximum atomic E-state index is 13.0. The summed E-state index contributed by atoms with van der Waals surface area (Å²) in [5.74, 6) is 0.0293. The second-order valence-electron chi connectivity index (χ2n) is 5.88. The average Bonchev–Trinajstić information content (AvgIpc) is 2.95. The van der Waals surface area contributed by atoms with Gasteiger partial charge in [0, 0.05) is 5.38 Å². The smallest absolute Gasteiger partial charge is 0.249 e. The van der Waals surface area contributed by atoms with Crippen molar-refractivity contribution in [1.82, 2.24) is 15.2 Å². The summed E-state index contributed by atoms with van der Waals surface area (Å²) >= 11 is 1.50. The van der Waals surface area contributed by atoms with Gasteiger partial charge in [-0.3, -0.25) is 9.59 Å². The monoisotopic (exact) mass is 309 g/mol. The molecule has 1 fully saturated rings. The molecular weight excluding hydrogens is 286 g/mol. The van der Waals surface area contributed by atoms with Crippen molar-refractivity contribution in [2.24, 2.45) is 5.92 Å². The van der Waals surface area contributed by atoms with Gasteiger partial charge < -0.3 is 10.2 Å². The van der Waals surface area contributed by atoms with E-state index >= 15 is 0 Å². The SMILES string of the molecule is CCC1(CC)NC(=O)C(C(C)C)N(Cc2cscn2)C1=O. The molecule has 0 saturated carbocycles. The van der Waals surface area contributed by atoms with Gasteiger partial charge in [0.05, 0.1) is 17.7 Å². The standard InChI is InChI=1S/C15H23N3O2S/c1-5-15(6-2)14(20)18(7-11-8-21-9-16-11)12(10(3)4)13(19)17-15/h8-10,12H,5-7H2,1-4H3,(H,17,19). The predicted molar refractivity (Wildman–Crippen MR) is 82.7 cm³/mol. The number of hydrogen-bond acceptors (Lipinski definition) is 4. The highest BCUT2D eigenvalue weighted by atomic mass is 32.1. The average molecular weight is 309 g/mol. The molecule has 5 nitrogen and oxygen atoms in total. The van der Waals surface area contributed by atoms with Gasteiger partial charge in [-0.15, -0.1) is 11.3 Å². The lowest BCUT2D eigenvalue weighted by molar-refractivity contribution is -0.158. The van der Waals surface area contributed by atoms with Crippen LogP contribution in [0.3, 0.4) is 0 Å². The van der Waals surface area contributed by atoms with Crippen LogP contribution in [0.5, 0.6) is 0 Å². The molecule has 1 aliphatic rings. The van der Waals surface area contributed by atoms with E-state index in [0.29, 0.717) is 19.4 Å². The molecule has 1 aromatic heterocycles. The predicted octanol–water partition coefficient (Wildman–Crippen LogP) is 2.18. The Hall–Kier alpha value is -1.43. The number of amides is 2. The zero-order chi connectivity index (χ0) is 15.6. The number of carbonyl (C=O) groups is 2. The molecule has 1 N–H and O–H groups in total. The van der Waals surface area contributed by atoms with Crippen LogP contribution in [0.4, 0.5) is 0 Å². The molecule has 116 valence electrons. The number of thiazole rings is 1. The van der Waals surface area contributed by atoms with Crippen LogP contribution in [0.25, 0.3) is 0 Å². The molecule has 0 bridgehead atoms. The summed E-state index contributed by atoms with van der Waals surface area (Å²) in [6.45, 7) is 8.23. The van der Waals surface area contributed by atoms with Gasteiger partial charge in [0.25, 0.3) is 0 Å². The maximum absolute atomic E-state index is 13.0. The zero-order valence-electron chi connectivity index (χ0n) is 13.0. The molecule has 0 spiro atoms. The fraction of sp³-hybridized carbons (Fsp3) is 0.667. The number of aromatic nitrogens is 1. The molecule has 2 amide bonds. The van der Waals surface area contributed by atoms with Crippen LogP contribution in [0.15, 0.2) is 10.9 Å². The van der Waals surface area contributed by atoms with Gasteiger partial charge in [0.2, 0.25) is 11.8 Å². The van der Waals surface area contributed by atoms with Crippen LogP contribution in [-0.4, -0.2) is 33.3 Å². The summed E-state index contributed by atoms with van der Waals surface area (Å²) in [5, 5.41) is 4.90. The Bertz CT molecular complexity index is 509. The molecule has 2 heterocycles. The lowest BCUT2D eigenvalue weighted by Gasteiger charge is -2.46. The molecule has 1 aromatic rings. The van der Waals surface area contributed by atoms with Gasteiger partial charge in [0.15, 0.2) is 0 Å². The van der Waals surface area contributed by atoms with E-state index in [1.54, 1.807) is 10.4 Å². The first-order valence-corrected chi connectivity index (χ1v) is 8.39. The van der Waals surface area contributed by atoms with Crippen molar-refractivity contribution in [1.29, 1.82) is 0 Å². The summed E-state index contributed by atoms with van der Waals surface area (Å²) in [4.78, 5) is 31.5. The fourth-order valence-corrected chi connectivity index (χ4v) is 3.51. The molecule has 0 aromatic carbocycles. The molecule has 2 rings (SSSR count). The van der Waals surface area contributed by atoms with E-state index < -0.39 is 11.6 Å². The Labute approximate surface area is 129 Å². The summed E-state index contributed by atoms with van der Waals surface area (Å²) in [6.07, 6.45) is 1.21. The lowest BCUT2D eigenvalue weighted by atomic mass is 9.85. The third-order valence-corrected chi connectivity index (χ3v) is 4.93. The first-order valence-electron chi connectivity index (χ1n) is 7.45. The minimum Gasteiger partial charge on any atom is -0.340 e. The number of carbonyl (C=O) groups excluding carboxylic acids is 2. The van der Waals surface area contributed by atoms with Crippen molar-refractivity contribution in [2.45, 2.75) is 58.7 Å². The van der Waals surface area contributed by atoms with Gasteiger partial charge in [-0.2, -0.15) is 0 Å². The number of piperazine rings is 1. The molecule has 21 heavy (non-hydrogen) atoms. The topological polar surface area (TPSA) is 62.3 Å². The Morgan fingerprint density at radius 3 is 2.52 bits per heavy atom. The molecule has 6 heteroatoms. The normalized spacial score (nSPS) is 21.8. The van der Waals surface area contributed by atoms with Crippen molar-refractivity contribution in [3.8, 4) is 0 Å². The molecule has 0 radical (unpaired) electrons. The van der Waals surface area contributed by atoms with Crippen molar-refractivity contribution in [3.05, 3.63) is 16.6 Å². The van der Waals surface area contributed by atoms with E-state index in [0.717, 1.165) is 5.69 Å². The van der Waals surface area contributed by atoms with Gasteiger partial charge in [0.1, 0.15) is 11.6 Å². The van der Waals surface area contributed by atoms with Crippen molar-refractivity contribution in [2.75, 3.05) is 0 Å². The second-order valence-corrected chi connectivity index (χ2v) is 6.60. The van der Waals surface area contributed by atoms with E-state index in [2.05, 4.69) is 10.3 Å². The summed E-state index contributed by atoms with van der Waals surface area (Å²) in [5.41, 5.74) is 1.83. The second kappa shape index (κ2) is 6.13. The van der Waals surface area contributed by atoms with E-state index in [1.165, 1.54) is 11.3 Å². The zero-order valence-corrected chi connectivity index (χ0v) is 13.9. The van der Waals surface area contributed by atoms with Crippen LogP contribution >= 0.6 is 11.3 Å². The number of nitrogens with one attached hydrogen (secondary N) is 1. The first kappa shape index (κ1) is 15.9. The highest BCUT2D eigenvalue weighted by molar-refractivity contribution is 7.07. The summed E-state index contributed by atoms with van der Waals surface area (Å²) < 4.78 is 0. The third-order valence-electron chi connectivity index (χ3n) is 4.29. The van der Waals surface area contributed by atoms with Crippen LogP contribution in [0.2, 0.25) is 0 Å². The number of hydrogen-bond donors (Lipinski definition) is 1. The van der Waals surface area contributed by atoms with Gasteiger partial charge in [-0.1, -0.05) is 27.7 Å². The van der Waals surface area contributed by atoms with Gasteiger partial charge in [-0.25, -0.2) is 4.98 Å². The fourth-order valence-electron chi connectivity index (χ4n) is 2.96. The molecule has 0 aliphatic carbocycles. The van der Waals surface area contributed by atoms with Crippen molar-refractivity contribution < 1.29 is 9.59 Å². The quantitative estimate of drug-likeness (QED) is 0.907. The highest BCUT2D eigenvalue weighted by Crippen LogP contribution is 2.29. The summed E-state index contributed by atoms with van der Waals surface area (Å²) in [7, 11) is 0. The highest BCUT2D eigenvalue weighted by Gasteiger charge is 2.49. The van der Waals surface area contributed by atoms with Crippen molar-refractivity contribution in [3.63, 3.8) is 0 Å². The Morgan fingerprint density at radius 1 is 1.38 bits per heavy atom. The van der Waals surface area contributed by atoms with Crippen LogP contribution < -0.4 is 5.32 Å². The van der Waals surface area contributed by atoms with Gasteiger partial charge >= 0.3 is 0 Å². The number of rotatable bonds is 5. The van der Waals surface area contributed by atoms with Crippen LogP contribution in [0, 0.1) is 5.92 Å². The Kier molecular flexibility index (Phi) is 4.66. The minimum atomic E-state index is -0.765. The van der Waals surface area contributed by atoms with E-state index in [9.17, 15) is 9.59 Å². The molecule has 1 saturated heterocycles. The maximum Gasteiger partial charge on any atom is 0.249 e. The Balaban J connectivity index is 2.37. The van der Waals surface area contributed by atoms with Gasteiger partial charge in [-0.05, 0) is 18.8 Å². The Morgan fingerprint density at radius 2 is 2.05 bits per heavy atom. The van der Waals surface area contributed by atoms with Crippen LogP contribution in [-0.2, 0) is 16.1 Å². The minimum absolute atomic E-state index is 0.0128. The third kappa shape index (κ3) is 2.81. The molecule has 1 atom stereocenters. The number of nitrogens with zero attached hydrogens (tertiary/aromatic N) is 2.